The zero-order chi connectivity index (χ0) is 9.68. The molecular weight excluding hydrogens is 175 g/mol. The maximum absolute atomic E-state index is 11.5. The van der Waals surface area contributed by atoms with Gasteiger partial charge in [-0.1, -0.05) is 30.3 Å². The third-order valence-electron chi connectivity index (χ3n) is 1.73. The standard InChI is InChI=1S/C9H9FO3/c10-13-6-8(9(11)12)7-4-2-1-3-5-7/h1-5,8H,6H2,(H,11,12). The molecule has 1 unspecified atom stereocenters. The van der Waals surface area contributed by atoms with Crippen molar-refractivity contribution in [3.05, 3.63) is 35.9 Å². The summed E-state index contributed by atoms with van der Waals surface area (Å²) in [5.74, 6) is -2.03. The van der Waals surface area contributed by atoms with Crippen LogP contribution in [0.4, 0.5) is 4.53 Å². The molecule has 0 aliphatic carbocycles. The summed E-state index contributed by atoms with van der Waals surface area (Å²) in [5, 5.41) is 8.71. The van der Waals surface area contributed by atoms with Crippen LogP contribution in [0.3, 0.4) is 0 Å². The lowest BCUT2D eigenvalue weighted by molar-refractivity contribution is -0.158. The summed E-state index contributed by atoms with van der Waals surface area (Å²) in [7, 11) is 0. The monoisotopic (exact) mass is 184 g/mol. The van der Waals surface area contributed by atoms with Crippen LogP contribution >= 0.6 is 0 Å². The first-order valence-electron chi connectivity index (χ1n) is 3.77. The van der Waals surface area contributed by atoms with Gasteiger partial charge in [0.1, 0.15) is 12.5 Å². The highest BCUT2D eigenvalue weighted by Crippen LogP contribution is 2.15. The fourth-order valence-electron chi connectivity index (χ4n) is 1.06. The second kappa shape index (κ2) is 4.57. The van der Waals surface area contributed by atoms with Crippen LogP contribution in [0.25, 0.3) is 0 Å². The average Bonchev–Trinajstić information content (AvgIpc) is 2.15. The molecule has 0 fully saturated rings. The quantitative estimate of drug-likeness (QED) is 0.775. The molecule has 0 spiro atoms. The van der Waals surface area contributed by atoms with Gasteiger partial charge in [-0.15, -0.1) is 0 Å². The molecule has 13 heavy (non-hydrogen) atoms. The van der Waals surface area contributed by atoms with Crippen molar-refractivity contribution in [2.75, 3.05) is 6.61 Å². The predicted molar refractivity (Wildman–Crippen MR) is 43.9 cm³/mol. The van der Waals surface area contributed by atoms with Gasteiger partial charge >= 0.3 is 5.97 Å². The maximum Gasteiger partial charge on any atom is 0.313 e. The molecule has 70 valence electrons. The molecule has 0 aliphatic heterocycles. The molecular formula is C9H9FO3. The minimum Gasteiger partial charge on any atom is -0.481 e. The molecule has 1 N–H and O–H groups in total. The van der Waals surface area contributed by atoms with E-state index in [2.05, 4.69) is 4.94 Å². The van der Waals surface area contributed by atoms with Gasteiger partial charge in [-0.05, 0) is 10.1 Å². The van der Waals surface area contributed by atoms with Crippen LogP contribution in [0.15, 0.2) is 30.3 Å². The molecule has 4 heteroatoms. The first-order valence-corrected chi connectivity index (χ1v) is 3.77. The van der Waals surface area contributed by atoms with Crippen LogP contribution in [0, 0.1) is 0 Å². The molecule has 0 aliphatic rings. The summed E-state index contributed by atoms with van der Waals surface area (Å²) >= 11 is 0. The SMILES string of the molecule is O=C(O)C(COF)c1ccccc1. The number of aliphatic carboxylic acids is 1. The molecule has 3 nitrogen and oxygen atoms in total. The van der Waals surface area contributed by atoms with E-state index in [1.165, 1.54) is 0 Å². The number of carboxylic acids is 1. The average molecular weight is 184 g/mol. The number of hydrogen-bond donors (Lipinski definition) is 1. The van der Waals surface area contributed by atoms with E-state index in [4.69, 9.17) is 5.11 Å². The highest BCUT2D eigenvalue weighted by Gasteiger charge is 2.19. The Labute approximate surface area is 74.7 Å². The van der Waals surface area contributed by atoms with E-state index < -0.39 is 18.5 Å². The van der Waals surface area contributed by atoms with Gasteiger partial charge in [0.15, 0.2) is 0 Å². The van der Waals surface area contributed by atoms with Crippen LogP contribution in [0.2, 0.25) is 0 Å². The van der Waals surface area contributed by atoms with Crippen molar-refractivity contribution in [1.29, 1.82) is 0 Å². The molecule has 0 saturated heterocycles. The normalized spacial score (nSPS) is 12.4. The van der Waals surface area contributed by atoms with E-state index in [1.54, 1.807) is 30.3 Å². The van der Waals surface area contributed by atoms with Gasteiger partial charge in [-0.2, -0.15) is 4.94 Å². The lowest BCUT2D eigenvalue weighted by atomic mass is 10.0. The molecule has 0 bridgehead atoms. The highest BCUT2D eigenvalue weighted by atomic mass is 19.3. The first kappa shape index (κ1) is 9.67. The molecule has 1 aromatic carbocycles. The topological polar surface area (TPSA) is 46.5 Å². The Morgan fingerprint density at radius 2 is 2.08 bits per heavy atom. The van der Waals surface area contributed by atoms with Gasteiger partial charge in [0.05, 0.1) is 0 Å². The number of rotatable bonds is 4. The fraction of sp³-hybridized carbons (Fsp3) is 0.222. The summed E-state index contributed by atoms with van der Waals surface area (Å²) < 4.78 is 11.5. The zero-order valence-electron chi connectivity index (χ0n) is 6.81. The van der Waals surface area contributed by atoms with Crippen LogP contribution in [-0.4, -0.2) is 17.7 Å². The van der Waals surface area contributed by atoms with Gasteiger partial charge in [0.2, 0.25) is 0 Å². The molecule has 0 radical (unpaired) electrons. The van der Waals surface area contributed by atoms with Crippen molar-refractivity contribution < 1.29 is 19.4 Å². The summed E-state index contributed by atoms with van der Waals surface area (Å²) in [4.78, 5) is 14.0. The van der Waals surface area contributed by atoms with Crippen molar-refractivity contribution in [3.8, 4) is 0 Å². The summed E-state index contributed by atoms with van der Waals surface area (Å²) in [6.07, 6.45) is 0. The van der Waals surface area contributed by atoms with Crippen LogP contribution in [0.1, 0.15) is 11.5 Å². The van der Waals surface area contributed by atoms with Gasteiger partial charge in [0.25, 0.3) is 0 Å². The lowest BCUT2D eigenvalue weighted by Gasteiger charge is -2.08. The van der Waals surface area contributed by atoms with Crippen molar-refractivity contribution in [2.24, 2.45) is 0 Å². The van der Waals surface area contributed by atoms with E-state index in [0.717, 1.165) is 0 Å². The minimum absolute atomic E-state index is 0.459. The molecule has 1 atom stereocenters. The minimum atomic E-state index is -1.09. The van der Waals surface area contributed by atoms with Gasteiger partial charge in [0, 0.05) is 0 Å². The Balaban J connectivity index is 2.82. The Kier molecular flexibility index (Phi) is 3.40. The zero-order valence-corrected chi connectivity index (χ0v) is 6.81. The van der Waals surface area contributed by atoms with Gasteiger partial charge in [-0.25, -0.2) is 0 Å². The Hall–Kier alpha value is -1.42. The van der Waals surface area contributed by atoms with Crippen LogP contribution in [-0.2, 0) is 9.74 Å². The molecule has 0 amide bonds. The van der Waals surface area contributed by atoms with Crippen LogP contribution < -0.4 is 0 Å². The summed E-state index contributed by atoms with van der Waals surface area (Å²) in [5.41, 5.74) is 0.535. The summed E-state index contributed by atoms with van der Waals surface area (Å²) in [6, 6.07) is 8.40. The molecule has 0 aromatic heterocycles. The van der Waals surface area contributed by atoms with E-state index in [9.17, 15) is 9.32 Å². The van der Waals surface area contributed by atoms with Crippen molar-refractivity contribution in [3.63, 3.8) is 0 Å². The maximum atomic E-state index is 11.5. The smallest absolute Gasteiger partial charge is 0.313 e. The fourth-order valence-corrected chi connectivity index (χ4v) is 1.06. The highest BCUT2D eigenvalue weighted by molar-refractivity contribution is 5.76. The molecule has 0 saturated carbocycles. The van der Waals surface area contributed by atoms with Gasteiger partial charge < -0.3 is 5.11 Å². The van der Waals surface area contributed by atoms with Gasteiger partial charge in [-0.3, -0.25) is 4.79 Å². The second-order valence-corrected chi connectivity index (χ2v) is 2.58. The number of carboxylic acid groups (broad SMARTS) is 1. The Morgan fingerprint density at radius 1 is 1.46 bits per heavy atom. The van der Waals surface area contributed by atoms with E-state index >= 15 is 0 Å². The van der Waals surface area contributed by atoms with Crippen molar-refractivity contribution in [1.82, 2.24) is 0 Å². The molecule has 0 heterocycles. The number of hydrogen-bond acceptors (Lipinski definition) is 2. The lowest BCUT2D eigenvalue weighted by Crippen LogP contribution is -2.15. The van der Waals surface area contributed by atoms with Crippen LogP contribution in [0.5, 0.6) is 0 Å². The largest absolute Gasteiger partial charge is 0.481 e. The van der Waals surface area contributed by atoms with E-state index in [0.29, 0.717) is 5.56 Å². The Morgan fingerprint density at radius 3 is 2.54 bits per heavy atom. The molecule has 1 aromatic rings. The number of benzene rings is 1. The third-order valence-corrected chi connectivity index (χ3v) is 1.73. The number of carbonyl (C=O) groups is 1. The molecule has 1 rings (SSSR count). The van der Waals surface area contributed by atoms with E-state index in [1.807, 2.05) is 0 Å². The first-order chi connectivity index (χ1) is 6.25. The second-order valence-electron chi connectivity index (χ2n) is 2.58. The predicted octanol–water partition coefficient (Wildman–Crippen LogP) is 1.76. The number of halogens is 1. The summed E-state index contributed by atoms with van der Waals surface area (Å²) in [6.45, 7) is -0.459. The van der Waals surface area contributed by atoms with E-state index in [-0.39, 0.29) is 0 Å². The van der Waals surface area contributed by atoms with Crippen molar-refractivity contribution in [2.45, 2.75) is 5.92 Å². The third kappa shape index (κ3) is 2.52. The Bertz CT molecular complexity index is 273. The van der Waals surface area contributed by atoms with Crippen molar-refractivity contribution >= 4 is 5.97 Å².